The van der Waals surface area contributed by atoms with Crippen molar-refractivity contribution in [3.05, 3.63) is 46.9 Å². The van der Waals surface area contributed by atoms with Crippen molar-refractivity contribution in [3.63, 3.8) is 0 Å². The summed E-state index contributed by atoms with van der Waals surface area (Å²) in [5.74, 6) is 3.37. The number of hydrogen-bond acceptors (Lipinski definition) is 6. The summed E-state index contributed by atoms with van der Waals surface area (Å²) in [7, 11) is 1.85. The molecule has 7 rings (SSSR count). The maximum atomic E-state index is 14.7. The molecule has 0 aliphatic heterocycles. The summed E-state index contributed by atoms with van der Waals surface area (Å²) >= 11 is 6.26. The molecule has 0 radical (unpaired) electrons. The molecule has 1 aromatic heterocycles. The number of benzene rings is 1. The fourth-order valence-corrected chi connectivity index (χ4v) is 8.48. The second-order valence-corrected chi connectivity index (χ2v) is 12.9. The van der Waals surface area contributed by atoms with Crippen molar-refractivity contribution < 1.29 is 9.13 Å². The van der Waals surface area contributed by atoms with E-state index in [-0.39, 0.29) is 5.41 Å². The molecule has 5 saturated carbocycles. The zero-order valence-electron chi connectivity index (χ0n) is 22.4. The Bertz CT molecular complexity index is 1090. The Labute approximate surface area is 230 Å². The number of nitrogens with one attached hydrogen (secondary N) is 3. The van der Waals surface area contributed by atoms with Gasteiger partial charge in [-0.25, -0.2) is 9.37 Å². The van der Waals surface area contributed by atoms with E-state index < -0.39 is 5.82 Å². The van der Waals surface area contributed by atoms with E-state index in [1.165, 1.54) is 64.0 Å². The first-order valence-electron chi connectivity index (χ1n) is 14.5. The Balaban J connectivity index is 1.04. The molecule has 1 unspecified atom stereocenters. The van der Waals surface area contributed by atoms with Crippen molar-refractivity contribution in [1.82, 2.24) is 15.3 Å². The number of methoxy groups -OCH3 is 1. The van der Waals surface area contributed by atoms with Crippen molar-refractivity contribution in [2.75, 3.05) is 30.8 Å². The molecule has 8 heteroatoms. The minimum Gasteiger partial charge on any atom is -0.381 e. The second-order valence-electron chi connectivity index (χ2n) is 12.5. The zero-order chi connectivity index (χ0) is 26.1. The molecule has 5 fully saturated rings. The van der Waals surface area contributed by atoms with Gasteiger partial charge in [0, 0.05) is 31.3 Å². The fourth-order valence-electron chi connectivity index (χ4n) is 8.28. The van der Waals surface area contributed by atoms with Gasteiger partial charge in [-0.2, -0.15) is 4.98 Å². The van der Waals surface area contributed by atoms with E-state index in [4.69, 9.17) is 16.3 Å². The molecule has 1 heterocycles. The molecule has 2 aromatic rings. The molecule has 5 aliphatic carbocycles. The van der Waals surface area contributed by atoms with E-state index in [9.17, 15) is 4.39 Å². The molecule has 0 spiro atoms. The van der Waals surface area contributed by atoms with Crippen LogP contribution in [0.4, 0.5) is 16.2 Å². The van der Waals surface area contributed by atoms with Gasteiger partial charge in [0.2, 0.25) is 5.95 Å². The Morgan fingerprint density at radius 3 is 2.55 bits per heavy atom. The largest absolute Gasteiger partial charge is 0.381 e. The van der Waals surface area contributed by atoms with E-state index in [2.05, 4.69) is 25.9 Å². The highest BCUT2D eigenvalue weighted by Crippen LogP contribution is 2.60. The Kier molecular flexibility index (Phi) is 7.79. The first-order chi connectivity index (χ1) is 18.5. The number of nitrogens with zero attached hydrogens (tertiary/aromatic N) is 2. The van der Waals surface area contributed by atoms with Crippen LogP contribution in [-0.2, 0) is 11.3 Å². The molecule has 6 nitrogen and oxygen atoms in total. The third-order valence-electron chi connectivity index (χ3n) is 9.94. The minimum absolute atomic E-state index is 0.244. The average molecular weight is 542 g/mol. The van der Waals surface area contributed by atoms with Gasteiger partial charge in [-0.1, -0.05) is 29.8 Å². The molecule has 206 valence electrons. The minimum atomic E-state index is -0.402. The average Bonchev–Trinajstić information content (AvgIpc) is 2.92. The molecule has 3 N–H and O–H groups in total. The molecule has 5 aliphatic rings. The summed E-state index contributed by atoms with van der Waals surface area (Å²) in [4.78, 5) is 8.61. The number of halogens is 2. The van der Waals surface area contributed by atoms with Gasteiger partial charge < -0.3 is 20.7 Å². The summed E-state index contributed by atoms with van der Waals surface area (Å²) in [6.45, 7) is 2.42. The predicted molar refractivity (Wildman–Crippen MR) is 150 cm³/mol. The first-order valence-corrected chi connectivity index (χ1v) is 14.9. The van der Waals surface area contributed by atoms with Crippen molar-refractivity contribution in [3.8, 4) is 0 Å². The first kappa shape index (κ1) is 26.3. The fraction of sp³-hybridized carbons (Fsp3) is 0.667. The number of rotatable bonds is 10. The van der Waals surface area contributed by atoms with Crippen LogP contribution in [0.2, 0.25) is 5.02 Å². The topological polar surface area (TPSA) is 71.1 Å². The number of anilines is 2. The highest BCUT2D eigenvalue weighted by molar-refractivity contribution is 6.31. The summed E-state index contributed by atoms with van der Waals surface area (Å²) in [5, 5.41) is 11.3. The van der Waals surface area contributed by atoms with Crippen LogP contribution < -0.4 is 16.0 Å². The lowest BCUT2D eigenvalue weighted by molar-refractivity contribution is -0.0706. The van der Waals surface area contributed by atoms with Gasteiger partial charge in [0.05, 0.1) is 12.3 Å². The van der Waals surface area contributed by atoms with E-state index >= 15 is 0 Å². The number of ether oxygens (including phenoxy) is 1. The van der Waals surface area contributed by atoms with Gasteiger partial charge in [-0.15, -0.1) is 0 Å². The van der Waals surface area contributed by atoms with Gasteiger partial charge in [0.1, 0.15) is 0 Å². The van der Waals surface area contributed by atoms with Crippen molar-refractivity contribution in [2.24, 2.45) is 29.1 Å². The SMILES string of the molecule is CO[C@H]1CC[C@H](CN[C@@H]2[C@@H]3CC4C[C@H]2C[C@@](CNc2nc(NCc5ccccc5Cl)ncc2F)(C4)C3)CC1. The lowest BCUT2D eigenvalue weighted by Gasteiger charge is -2.60. The predicted octanol–water partition coefficient (Wildman–Crippen LogP) is 6.28. The zero-order valence-corrected chi connectivity index (χ0v) is 23.2. The van der Waals surface area contributed by atoms with Gasteiger partial charge in [-0.05, 0) is 105 Å². The van der Waals surface area contributed by atoms with Gasteiger partial charge in [0.15, 0.2) is 11.6 Å². The summed E-state index contributed by atoms with van der Waals surface area (Å²) in [5.41, 5.74) is 1.20. The third kappa shape index (κ3) is 5.66. The smallest absolute Gasteiger partial charge is 0.225 e. The monoisotopic (exact) mass is 541 g/mol. The van der Waals surface area contributed by atoms with Crippen LogP contribution in [0.15, 0.2) is 30.5 Å². The molecule has 0 amide bonds. The van der Waals surface area contributed by atoms with Crippen LogP contribution in [0.1, 0.15) is 63.4 Å². The van der Waals surface area contributed by atoms with Crippen molar-refractivity contribution in [2.45, 2.75) is 76.5 Å². The molecular weight excluding hydrogens is 501 g/mol. The van der Waals surface area contributed by atoms with Crippen LogP contribution in [0.25, 0.3) is 0 Å². The summed E-state index contributed by atoms with van der Waals surface area (Å²) in [6, 6.07) is 8.31. The van der Waals surface area contributed by atoms with E-state index in [1.54, 1.807) is 0 Å². The Hall–Kier alpha value is -1.96. The maximum Gasteiger partial charge on any atom is 0.225 e. The lowest BCUT2D eigenvalue weighted by Crippen LogP contribution is -2.60. The lowest BCUT2D eigenvalue weighted by atomic mass is 9.48. The second kappa shape index (κ2) is 11.3. The van der Waals surface area contributed by atoms with Crippen molar-refractivity contribution in [1.29, 1.82) is 0 Å². The number of aromatic nitrogens is 2. The summed E-state index contributed by atoms with van der Waals surface area (Å²) in [6.07, 6.45) is 13.1. The molecule has 0 saturated heterocycles. The van der Waals surface area contributed by atoms with E-state index in [0.29, 0.717) is 35.5 Å². The van der Waals surface area contributed by atoms with Crippen LogP contribution in [-0.4, -0.2) is 42.3 Å². The molecule has 1 aromatic carbocycles. The Morgan fingerprint density at radius 2 is 1.82 bits per heavy atom. The van der Waals surface area contributed by atoms with E-state index in [0.717, 1.165) is 42.3 Å². The normalized spacial score (nSPS) is 33.9. The summed E-state index contributed by atoms with van der Waals surface area (Å²) < 4.78 is 20.2. The molecule has 4 bridgehead atoms. The highest BCUT2D eigenvalue weighted by Gasteiger charge is 2.55. The van der Waals surface area contributed by atoms with Gasteiger partial charge >= 0.3 is 0 Å². The third-order valence-corrected chi connectivity index (χ3v) is 10.3. The Morgan fingerprint density at radius 1 is 1.05 bits per heavy atom. The van der Waals surface area contributed by atoms with Crippen LogP contribution in [0.5, 0.6) is 0 Å². The van der Waals surface area contributed by atoms with Crippen molar-refractivity contribution >= 4 is 23.4 Å². The molecule has 5 atom stereocenters. The molecular formula is C30H41ClFN5O. The highest BCUT2D eigenvalue weighted by atomic mass is 35.5. The van der Waals surface area contributed by atoms with E-state index in [1.807, 2.05) is 31.4 Å². The van der Waals surface area contributed by atoms with Crippen LogP contribution in [0.3, 0.4) is 0 Å². The number of hydrogen-bond donors (Lipinski definition) is 3. The van der Waals surface area contributed by atoms with Gasteiger partial charge in [-0.3, -0.25) is 0 Å². The standard InChI is InChI=1S/C30H41ClFN5O/c1-38-24-8-6-19(7-9-24)15-33-27-22-10-20-11-23(27)14-30(12-20,13-22)18-36-28-26(32)17-35-29(37-28)34-16-21-4-2-3-5-25(21)31/h2-5,17,19-20,22-24,27,33H,6-16,18H2,1H3,(H2,34,35,36,37)/t19-,20?,22-,23+,24-,27-,30-. The molecule has 38 heavy (non-hydrogen) atoms. The quantitative estimate of drug-likeness (QED) is 0.329. The maximum absolute atomic E-state index is 14.7. The van der Waals surface area contributed by atoms with Crippen LogP contribution in [0, 0.1) is 34.9 Å². The van der Waals surface area contributed by atoms with Crippen LogP contribution >= 0.6 is 11.6 Å². The van der Waals surface area contributed by atoms with Gasteiger partial charge in [0.25, 0.3) is 0 Å².